The molecule has 1 unspecified atom stereocenters. The minimum absolute atomic E-state index is 0.0899. The minimum atomic E-state index is -0.226. The molecule has 5 heteroatoms. The molecule has 1 aliphatic heterocycles. The first kappa shape index (κ1) is 14.5. The van der Waals surface area contributed by atoms with Gasteiger partial charge in [0, 0.05) is 24.1 Å². The molecule has 4 nitrogen and oxygen atoms in total. The highest BCUT2D eigenvalue weighted by Gasteiger charge is 2.31. The molecule has 0 bridgehead atoms. The van der Waals surface area contributed by atoms with Crippen molar-refractivity contribution in [3.8, 4) is 0 Å². The Bertz CT molecular complexity index is 478. The van der Waals surface area contributed by atoms with Gasteiger partial charge in [0.15, 0.2) is 0 Å². The number of benzene rings is 1. The number of nitrogens with two attached hydrogens (primary N) is 1. The summed E-state index contributed by atoms with van der Waals surface area (Å²) in [5.74, 6) is 0.0899. The first-order valence-corrected chi connectivity index (χ1v) is 7.31. The third kappa shape index (κ3) is 2.99. The van der Waals surface area contributed by atoms with Gasteiger partial charge in [-0.1, -0.05) is 6.07 Å². The Hall–Kier alpha value is -0.910. The second-order valence-corrected chi connectivity index (χ2v) is 5.88. The normalized spacial score (nSPS) is 21.6. The molecule has 1 aromatic carbocycles. The topological polar surface area (TPSA) is 49.6 Å². The lowest BCUT2D eigenvalue weighted by Crippen LogP contribution is -2.48. The number of amides is 1. The number of halogens is 1. The van der Waals surface area contributed by atoms with Crippen molar-refractivity contribution in [1.82, 2.24) is 4.90 Å². The van der Waals surface area contributed by atoms with E-state index >= 15 is 0 Å². The summed E-state index contributed by atoms with van der Waals surface area (Å²) in [6.07, 6.45) is 0.957. The molecule has 19 heavy (non-hydrogen) atoms. The first-order chi connectivity index (χ1) is 9.04. The predicted molar refractivity (Wildman–Crippen MR) is 81.3 cm³/mol. The monoisotopic (exact) mass is 325 g/mol. The van der Waals surface area contributed by atoms with Crippen LogP contribution < -0.4 is 10.6 Å². The Balaban J connectivity index is 2.34. The van der Waals surface area contributed by atoms with Crippen molar-refractivity contribution in [2.75, 3.05) is 31.6 Å². The predicted octanol–water partition coefficient (Wildman–Crippen LogP) is 1.75. The van der Waals surface area contributed by atoms with E-state index in [2.05, 4.69) is 15.9 Å². The van der Waals surface area contributed by atoms with E-state index in [1.54, 1.807) is 0 Å². The minimum Gasteiger partial charge on any atom is -0.328 e. The number of aryl methyl sites for hydroxylation is 1. The van der Waals surface area contributed by atoms with Crippen LogP contribution >= 0.6 is 15.9 Å². The van der Waals surface area contributed by atoms with Crippen LogP contribution in [0.2, 0.25) is 0 Å². The molecule has 2 N–H and O–H groups in total. The van der Waals surface area contributed by atoms with Crippen LogP contribution in [0.25, 0.3) is 0 Å². The van der Waals surface area contributed by atoms with E-state index < -0.39 is 0 Å². The third-order valence-corrected chi connectivity index (χ3v) is 4.23. The standard InChI is InChI=1S/C14H20BrN3O/c1-10-4-5-12(11(15)8-10)18-7-3-6-17(2)13(9-16)14(18)19/h4-5,8,13H,3,6-7,9,16H2,1-2H3. The van der Waals surface area contributed by atoms with Gasteiger partial charge in [-0.25, -0.2) is 0 Å². The Morgan fingerprint density at radius 3 is 2.79 bits per heavy atom. The van der Waals surface area contributed by atoms with Gasteiger partial charge in [0.2, 0.25) is 5.91 Å². The molecule has 1 fully saturated rings. The third-order valence-electron chi connectivity index (χ3n) is 3.59. The number of nitrogens with zero attached hydrogens (tertiary/aromatic N) is 2. The van der Waals surface area contributed by atoms with Crippen LogP contribution in [0.1, 0.15) is 12.0 Å². The van der Waals surface area contributed by atoms with Gasteiger partial charge < -0.3 is 10.6 Å². The van der Waals surface area contributed by atoms with Crippen LogP contribution in [0.15, 0.2) is 22.7 Å². The molecule has 1 atom stereocenters. The fraction of sp³-hybridized carbons (Fsp3) is 0.500. The highest BCUT2D eigenvalue weighted by atomic mass is 79.9. The fourth-order valence-electron chi connectivity index (χ4n) is 2.46. The molecular weight excluding hydrogens is 306 g/mol. The molecule has 0 aromatic heterocycles. The van der Waals surface area contributed by atoms with Gasteiger partial charge in [-0.05, 0) is 54.0 Å². The summed E-state index contributed by atoms with van der Waals surface area (Å²) < 4.78 is 0.959. The average Bonchev–Trinajstić information content (AvgIpc) is 2.49. The molecule has 2 rings (SSSR count). The van der Waals surface area contributed by atoms with Gasteiger partial charge >= 0.3 is 0 Å². The molecule has 0 aliphatic carbocycles. The maximum Gasteiger partial charge on any atom is 0.245 e. The quantitative estimate of drug-likeness (QED) is 0.901. The lowest BCUT2D eigenvalue weighted by atomic mass is 10.2. The molecule has 1 aromatic rings. The van der Waals surface area contributed by atoms with Gasteiger partial charge in [0.1, 0.15) is 6.04 Å². The van der Waals surface area contributed by atoms with Crippen molar-refractivity contribution in [2.45, 2.75) is 19.4 Å². The molecular formula is C14H20BrN3O. The molecule has 1 amide bonds. The van der Waals surface area contributed by atoms with Gasteiger partial charge in [-0.3, -0.25) is 9.69 Å². The summed E-state index contributed by atoms with van der Waals surface area (Å²) in [4.78, 5) is 16.5. The number of rotatable bonds is 2. The summed E-state index contributed by atoms with van der Waals surface area (Å²) in [7, 11) is 1.96. The SMILES string of the molecule is Cc1ccc(N2CCCN(C)C(CN)C2=O)c(Br)c1. The number of hydrogen-bond acceptors (Lipinski definition) is 3. The summed E-state index contributed by atoms with van der Waals surface area (Å²) in [6.45, 7) is 4.03. The smallest absolute Gasteiger partial charge is 0.245 e. The second-order valence-electron chi connectivity index (χ2n) is 5.03. The van der Waals surface area contributed by atoms with Crippen molar-refractivity contribution in [3.63, 3.8) is 0 Å². The van der Waals surface area contributed by atoms with Gasteiger partial charge in [0.25, 0.3) is 0 Å². The van der Waals surface area contributed by atoms with E-state index in [-0.39, 0.29) is 11.9 Å². The van der Waals surface area contributed by atoms with Crippen molar-refractivity contribution >= 4 is 27.5 Å². The summed E-state index contributed by atoms with van der Waals surface area (Å²) in [6, 6.07) is 5.83. The van der Waals surface area contributed by atoms with E-state index in [0.717, 1.165) is 29.7 Å². The molecule has 0 spiro atoms. The van der Waals surface area contributed by atoms with Crippen LogP contribution in [0.4, 0.5) is 5.69 Å². The lowest BCUT2D eigenvalue weighted by molar-refractivity contribution is -0.122. The van der Waals surface area contributed by atoms with Gasteiger partial charge in [-0.15, -0.1) is 0 Å². The van der Waals surface area contributed by atoms with Gasteiger partial charge in [0.05, 0.1) is 5.69 Å². The van der Waals surface area contributed by atoms with Crippen molar-refractivity contribution in [1.29, 1.82) is 0 Å². The van der Waals surface area contributed by atoms with E-state index in [1.165, 1.54) is 5.56 Å². The summed E-state index contributed by atoms with van der Waals surface area (Å²) in [5.41, 5.74) is 7.86. The lowest BCUT2D eigenvalue weighted by Gasteiger charge is -2.27. The fourth-order valence-corrected chi connectivity index (χ4v) is 3.17. The molecule has 1 saturated heterocycles. The summed E-state index contributed by atoms with van der Waals surface area (Å²) in [5, 5.41) is 0. The van der Waals surface area contributed by atoms with E-state index in [0.29, 0.717) is 6.54 Å². The van der Waals surface area contributed by atoms with E-state index in [4.69, 9.17) is 5.73 Å². The van der Waals surface area contributed by atoms with E-state index in [9.17, 15) is 4.79 Å². The molecule has 0 saturated carbocycles. The zero-order valence-electron chi connectivity index (χ0n) is 11.4. The maximum absolute atomic E-state index is 12.6. The van der Waals surface area contributed by atoms with Crippen molar-refractivity contribution in [3.05, 3.63) is 28.2 Å². The Morgan fingerprint density at radius 2 is 2.16 bits per heavy atom. The highest BCUT2D eigenvalue weighted by Crippen LogP contribution is 2.29. The number of anilines is 1. The number of likely N-dealkylation sites (N-methyl/N-ethyl adjacent to an activating group) is 1. The Morgan fingerprint density at radius 1 is 1.42 bits per heavy atom. The Kier molecular flexibility index (Phi) is 4.60. The zero-order valence-corrected chi connectivity index (χ0v) is 13.0. The summed E-state index contributed by atoms with van der Waals surface area (Å²) >= 11 is 3.55. The first-order valence-electron chi connectivity index (χ1n) is 6.52. The van der Waals surface area contributed by atoms with Crippen molar-refractivity contribution in [2.24, 2.45) is 5.73 Å². The zero-order chi connectivity index (χ0) is 14.0. The molecule has 1 heterocycles. The molecule has 1 aliphatic rings. The maximum atomic E-state index is 12.6. The van der Waals surface area contributed by atoms with Crippen LogP contribution in [-0.2, 0) is 4.79 Å². The molecule has 104 valence electrons. The molecule has 0 radical (unpaired) electrons. The Labute approximate surface area is 122 Å². The largest absolute Gasteiger partial charge is 0.328 e. The van der Waals surface area contributed by atoms with Crippen molar-refractivity contribution < 1.29 is 4.79 Å². The van der Waals surface area contributed by atoms with Crippen LogP contribution in [0, 0.1) is 6.92 Å². The van der Waals surface area contributed by atoms with Crippen LogP contribution in [-0.4, -0.2) is 43.5 Å². The van der Waals surface area contributed by atoms with E-state index in [1.807, 2.05) is 42.0 Å². The number of carbonyl (C=O) groups excluding carboxylic acids is 1. The van der Waals surface area contributed by atoms with Crippen LogP contribution in [0.3, 0.4) is 0 Å². The number of carbonyl (C=O) groups is 1. The van der Waals surface area contributed by atoms with Crippen LogP contribution in [0.5, 0.6) is 0 Å². The average molecular weight is 326 g/mol. The highest BCUT2D eigenvalue weighted by molar-refractivity contribution is 9.10. The second kappa shape index (κ2) is 6.03. The van der Waals surface area contributed by atoms with Gasteiger partial charge in [-0.2, -0.15) is 0 Å². The number of hydrogen-bond donors (Lipinski definition) is 1.